The normalized spacial score (nSPS) is 11.9. The first-order chi connectivity index (χ1) is 14.1. The molecule has 0 saturated heterocycles. The van der Waals surface area contributed by atoms with E-state index in [0.29, 0.717) is 26.1 Å². The van der Waals surface area contributed by atoms with E-state index >= 15 is 0 Å². The third-order valence-corrected chi connectivity index (χ3v) is 6.75. The molecule has 0 aliphatic heterocycles. The number of ether oxygens (including phenoxy) is 1. The van der Waals surface area contributed by atoms with Crippen molar-refractivity contribution in [2.45, 2.75) is 29.6 Å². The fraction of sp³-hybridized carbons (Fsp3) is 0.200. The summed E-state index contributed by atoms with van der Waals surface area (Å²) in [5.41, 5.74) is -0.0626. The first kappa shape index (κ1) is 23.5. The van der Waals surface area contributed by atoms with Gasteiger partial charge in [0.25, 0.3) is 0 Å². The van der Waals surface area contributed by atoms with Crippen molar-refractivity contribution < 1.29 is 22.3 Å². The predicted octanol–water partition coefficient (Wildman–Crippen LogP) is 8.53. The van der Waals surface area contributed by atoms with E-state index in [1.807, 2.05) is 0 Å². The van der Waals surface area contributed by atoms with E-state index in [9.17, 15) is 17.6 Å². The van der Waals surface area contributed by atoms with Crippen molar-refractivity contribution in [2.75, 3.05) is 6.61 Å². The minimum absolute atomic E-state index is 0.117. The Bertz CT molecular complexity index is 1050. The topological polar surface area (TPSA) is 14.2 Å². The van der Waals surface area contributed by atoms with Crippen LogP contribution >= 0.6 is 50.9 Å². The average molecular weight is 543 g/mol. The summed E-state index contributed by atoms with van der Waals surface area (Å²) in [5.74, 6) is -0.608. The Hall–Kier alpha value is -1.19. The molecule has 0 radical (unpaired) electrons. The molecule has 2 aromatic carbocycles. The van der Waals surface area contributed by atoms with E-state index in [1.54, 1.807) is 31.2 Å². The maximum absolute atomic E-state index is 14.0. The summed E-state index contributed by atoms with van der Waals surface area (Å²) in [7, 11) is 0. The number of alkyl halides is 3. The van der Waals surface area contributed by atoms with Crippen molar-refractivity contribution in [1.29, 1.82) is 0 Å². The highest BCUT2D eigenvalue weighted by molar-refractivity contribution is 9.10. The second kappa shape index (κ2) is 9.53. The SMILES string of the molecule is CCOCn1c(-c2ccc(Cl)cc2)c(Sc2ccc(F)c(Cl)c2)c(Br)c1C(F)(F)F. The summed E-state index contributed by atoms with van der Waals surface area (Å²) >= 11 is 16.0. The van der Waals surface area contributed by atoms with Crippen molar-refractivity contribution in [1.82, 2.24) is 4.57 Å². The summed E-state index contributed by atoms with van der Waals surface area (Å²) < 4.78 is 61.7. The fourth-order valence-corrected chi connectivity index (χ4v) is 5.10. The summed E-state index contributed by atoms with van der Waals surface area (Å²) in [5, 5.41) is 0.338. The van der Waals surface area contributed by atoms with Gasteiger partial charge in [0.15, 0.2) is 0 Å². The van der Waals surface area contributed by atoms with E-state index in [4.69, 9.17) is 27.9 Å². The van der Waals surface area contributed by atoms with Crippen LogP contribution in [0.15, 0.2) is 56.7 Å². The van der Waals surface area contributed by atoms with Gasteiger partial charge >= 0.3 is 6.18 Å². The largest absolute Gasteiger partial charge is 0.432 e. The van der Waals surface area contributed by atoms with Crippen molar-refractivity contribution in [3.05, 3.63) is 68.5 Å². The number of rotatable bonds is 6. The molecule has 3 aromatic rings. The molecule has 1 heterocycles. The lowest BCUT2D eigenvalue weighted by Gasteiger charge is -2.16. The van der Waals surface area contributed by atoms with E-state index < -0.39 is 17.7 Å². The van der Waals surface area contributed by atoms with Crippen molar-refractivity contribution in [3.63, 3.8) is 0 Å². The van der Waals surface area contributed by atoms with Crippen LogP contribution in [-0.2, 0) is 17.6 Å². The quantitative estimate of drug-likeness (QED) is 0.290. The molecule has 3 rings (SSSR count). The van der Waals surface area contributed by atoms with Crippen LogP contribution < -0.4 is 0 Å². The van der Waals surface area contributed by atoms with Crippen LogP contribution in [0, 0.1) is 5.82 Å². The molecule has 1 aromatic heterocycles. The molecule has 0 atom stereocenters. The van der Waals surface area contributed by atoms with Gasteiger partial charge in [0.2, 0.25) is 0 Å². The third-order valence-electron chi connectivity index (χ3n) is 4.08. The number of aromatic nitrogens is 1. The van der Waals surface area contributed by atoms with Crippen LogP contribution in [-0.4, -0.2) is 11.2 Å². The molecule has 2 nitrogen and oxygen atoms in total. The molecule has 0 aliphatic rings. The molecular weight excluding hydrogens is 529 g/mol. The molecule has 160 valence electrons. The Morgan fingerprint density at radius 2 is 1.77 bits per heavy atom. The van der Waals surface area contributed by atoms with Gasteiger partial charge in [0.05, 0.1) is 20.1 Å². The zero-order valence-corrected chi connectivity index (χ0v) is 19.3. The Balaban J connectivity index is 2.26. The van der Waals surface area contributed by atoms with E-state index in [2.05, 4.69) is 15.9 Å². The molecule has 10 heteroatoms. The van der Waals surface area contributed by atoms with Crippen LogP contribution in [0.4, 0.5) is 17.6 Å². The lowest BCUT2D eigenvalue weighted by Crippen LogP contribution is -2.16. The Morgan fingerprint density at radius 3 is 2.33 bits per heavy atom. The van der Waals surface area contributed by atoms with Gasteiger partial charge in [-0.25, -0.2) is 4.39 Å². The number of nitrogens with zero attached hydrogens (tertiary/aromatic N) is 1. The van der Waals surface area contributed by atoms with Crippen LogP contribution in [0.3, 0.4) is 0 Å². The van der Waals surface area contributed by atoms with Gasteiger partial charge in [-0.15, -0.1) is 0 Å². The Morgan fingerprint density at radius 1 is 1.10 bits per heavy atom. The molecule has 0 spiro atoms. The second-order valence-electron chi connectivity index (χ2n) is 6.07. The molecule has 0 bridgehead atoms. The molecular formula is C20H14BrCl2F4NOS. The summed E-state index contributed by atoms with van der Waals surface area (Å²) in [6.07, 6.45) is -4.64. The molecule has 0 unspecified atom stereocenters. The Kier molecular flexibility index (Phi) is 7.45. The minimum Gasteiger partial charge on any atom is -0.361 e. The van der Waals surface area contributed by atoms with Gasteiger partial charge in [0.1, 0.15) is 18.2 Å². The lowest BCUT2D eigenvalue weighted by molar-refractivity contribution is -0.146. The average Bonchev–Trinajstić information content (AvgIpc) is 2.95. The number of halogens is 7. The van der Waals surface area contributed by atoms with Gasteiger partial charge < -0.3 is 9.30 Å². The zero-order chi connectivity index (χ0) is 22.1. The van der Waals surface area contributed by atoms with E-state index in [-0.39, 0.29) is 22.8 Å². The fourth-order valence-electron chi connectivity index (χ4n) is 2.80. The predicted molar refractivity (Wildman–Crippen MR) is 115 cm³/mol. The maximum Gasteiger partial charge on any atom is 0.432 e. The first-order valence-corrected chi connectivity index (χ1v) is 11.0. The highest BCUT2D eigenvalue weighted by Gasteiger charge is 2.41. The highest BCUT2D eigenvalue weighted by atomic mass is 79.9. The first-order valence-electron chi connectivity index (χ1n) is 8.59. The van der Waals surface area contributed by atoms with Gasteiger partial charge in [-0.1, -0.05) is 47.1 Å². The second-order valence-corrected chi connectivity index (χ2v) is 8.79. The summed E-state index contributed by atoms with van der Waals surface area (Å²) in [4.78, 5) is 0.784. The van der Waals surface area contributed by atoms with Crippen molar-refractivity contribution >= 4 is 50.9 Å². The minimum atomic E-state index is -4.64. The monoisotopic (exact) mass is 541 g/mol. The molecule has 0 N–H and O–H groups in total. The molecule has 0 amide bonds. The number of hydrogen-bond acceptors (Lipinski definition) is 2. The van der Waals surface area contributed by atoms with Crippen molar-refractivity contribution in [3.8, 4) is 11.3 Å². The molecule has 30 heavy (non-hydrogen) atoms. The van der Waals surface area contributed by atoms with Crippen LogP contribution in [0.5, 0.6) is 0 Å². The maximum atomic E-state index is 14.0. The molecule has 0 saturated carbocycles. The zero-order valence-electron chi connectivity index (χ0n) is 15.4. The van der Waals surface area contributed by atoms with E-state index in [0.717, 1.165) is 16.3 Å². The Labute approximate surface area is 193 Å². The number of benzene rings is 2. The van der Waals surface area contributed by atoms with Crippen molar-refractivity contribution in [2.24, 2.45) is 0 Å². The highest BCUT2D eigenvalue weighted by Crippen LogP contribution is 2.49. The van der Waals surface area contributed by atoms with E-state index in [1.165, 1.54) is 18.2 Å². The van der Waals surface area contributed by atoms with Gasteiger partial charge in [-0.05, 0) is 58.7 Å². The van der Waals surface area contributed by atoms with Crippen LogP contribution in [0.25, 0.3) is 11.3 Å². The molecule has 0 fully saturated rings. The summed E-state index contributed by atoms with van der Waals surface area (Å²) in [6, 6.07) is 10.5. The third kappa shape index (κ3) is 4.99. The smallest absolute Gasteiger partial charge is 0.361 e. The van der Waals surface area contributed by atoms with Gasteiger partial charge in [0, 0.05) is 16.5 Å². The molecule has 0 aliphatic carbocycles. The van der Waals surface area contributed by atoms with Crippen LogP contribution in [0.1, 0.15) is 12.6 Å². The van der Waals surface area contributed by atoms with Gasteiger partial charge in [-0.3, -0.25) is 0 Å². The summed E-state index contributed by atoms with van der Waals surface area (Å²) in [6.45, 7) is 1.64. The van der Waals surface area contributed by atoms with Gasteiger partial charge in [-0.2, -0.15) is 13.2 Å². The van der Waals surface area contributed by atoms with Crippen LogP contribution in [0.2, 0.25) is 10.0 Å². The standard InChI is InChI=1S/C20H14BrCl2F4NOS/c1-2-29-10-28-17(11-3-5-12(22)6-4-11)18(16(21)19(28)20(25,26)27)30-13-7-8-15(24)14(23)9-13/h3-9H,2,10H2,1H3. The lowest BCUT2D eigenvalue weighted by atomic mass is 10.1. The number of hydrogen-bond donors (Lipinski definition) is 0.